The number of tetrazole rings is 1. The average molecular weight is 307 g/mol. The van der Waals surface area contributed by atoms with Gasteiger partial charge in [0, 0.05) is 19.3 Å². The van der Waals surface area contributed by atoms with Gasteiger partial charge >= 0.3 is 0 Å². The summed E-state index contributed by atoms with van der Waals surface area (Å²) in [7, 11) is 0. The van der Waals surface area contributed by atoms with Crippen molar-refractivity contribution in [2.45, 2.75) is 28.9 Å². The summed E-state index contributed by atoms with van der Waals surface area (Å²) < 4.78 is 7.07. The summed E-state index contributed by atoms with van der Waals surface area (Å²) in [6, 6.07) is 6.76. The van der Waals surface area contributed by atoms with Crippen LogP contribution in [0.3, 0.4) is 0 Å². The molecule has 1 fully saturated rings. The molecule has 0 unspecified atom stereocenters. The summed E-state index contributed by atoms with van der Waals surface area (Å²) in [5.74, 6) is 0. The van der Waals surface area contributed by atoms with Crippen LogP contribution in [0.2, 0.25) is 0 Å². The lowest BCUT2D eigenvalue weighted by molar-refractivity contribution is -0.387. The summed E-state index contributed by atoms with van der Waals surface area (Å²) in [5.41, 5.74) is 0.0593. The fourth-order valence-corrected chi connectivity index (χ4v) is 3.15. The largest absolute Gasteiger partial charge is 0.381 e. The van der Waals surface area contributed by atoms with Crippen molar-refractivity contribution in [1.29, 1.82) is 0 Å². The molecule has 3 rings (SSSR count). The van der Waals surface area contributed by atoms with Gasteiger partial charge in [-0.3, -0.25) is 10.1 Å². The molecular formula is C12H13N5O3S. The molecule has 0 aliphatic carbocycles. The van der Waals surface area contributed by atoms with Gasteiger partial charge < -0.3 is 4.74 Å². The van der Waals surface area contributed by atoms with E-state index < -0.39 is 4.92 Å². The van der Waals surface area contributed by atoms with Gasteiger partial charge in [0.2, 0.25) is 5.16 Å². The second-order valence-corrected chi connectivity index (χ2v) is 5.59. The number of hydrogen-bond acceptors (Lipinski definition) is 7. The molecule has 110 valence electrons. The van der Waals surface area contributed by atoms with Crippen molar-refractivity contribution >= 4 is 17.4 Å². The highest BCUT2D eigenvalue weighted by atomic mass is 32.2. The predicted molar refractivity (Wildman–Crippen MR) is 74.1 cm³/mol. The molecule has 1 aliphatic heterocycles. The second-order valence-electron chi connectivity index (χ2n) is 4.58. The molecule has 8 nitrogen and oxygen atoms in total. The highest BCUT2D eigenvalue weighted by Crippen LogP contribution is 2.35. The summed E-state index contributed by atoms with van der Waals surface area (Å²) in [5, 5.41) is 23.3. The van der Waals surface area contributed by atoms with E-state index in [4.69, 9.17) is 4.74 Å². The highest BCUT2D eigenvalue weighted by Gasteiger charge is 2.23. The molecule has 1 aromatic heterocycles. The van der Waals surface area contributed by atoms with E-state index in [0.717, 1.165) is 12.8 Å². The molecule has 9 heteroatoms. The van der Waals surface area contributed by atoms with Crippen LogP contribution in [0.4, 0.5) is 5.69 Å². The summed E-state index contributed by atoms with van der Waals surface area (Å²) in [6.45, 7) is 1.36. The number of benzene rings is 1. The Kier molecular flexibility index (Phi) is 4.11. The Balaban J connectivity index is 1.86. The molecule has 1 saturated heterocycles. The smallest absolute Gasteiger partial charge is 0.283 e. The molecule has 0 bridgehead atoms. The maximum atomic E-state index is 11.1. The molecule has 2 aromatic rings. The molecule has 2 heterocycles. The zero-order chi connectivity index (χ0) is 14.7. The van der Waals surface area contributed by atoms with Gasteiger partial charge in [-0.25, -0.2) is 4.68 Å². The maximum Gasteiger partial charge on any atom is 0.283 e. The molecule has 1 aromatic carbocycles. The molecular weight excluding hydrogens is 294 g/mol. The third-order valence-corrected chi connectivity index (χ3v) is 4.28. The van der Waals surface area contributed by atoms with E-state index in [1.54, 1.807) is 22.9 Å². The number of rotatable bonds is 4. The van der Waals surface area contributed by atoms with Crippen molar-refractivity contribution in [1.82, 2.24) is 20.2 Å². The van der Waals surface area contributed by atoms with Gasteiger partial charge in [-0.2, -0.15) is 0 Å². The number of nitro benzene ring substituents is 1. The van der Waals surface area contributed by atoms with E-state index in [9.17, 15) is 10.1 Å². The zero-order valence-electron chi connectivity index (χ0n) is 11.1. The first-order chi connectivity index (χ1) is 10.3. The Morgan fingerprint density at radius 3 is 2.86 bits per heavy atom. The summed E-state index contributed by atoms with van der Waals surface area (Å²) in [4.78, 5) is 11.2. The van der Waals surface area contributed by atoms with Crippen LogP contribution in [-0.2, 0) is 4.74 Å². The van der Waals surface area contributed by atoms with Gasteiger partial charge in [-0.05, 0) is 41.1 Å². The lowest BCUT2D eigenvalue weighted by Crippen LogP contribution is -2.21. The standard InChI is InChI=1S/C12H13N5O3S/c18-17(19)10-3-1-2-4-11(10)21-12-13-14-15-16(12)9-5-7-20-8-6-9/h1-4,9H,5-8H2. The minimum Gasteiger partial charge on any atom is -0.381 e. The molecule has 0 N–H and O–H groups in total. The van der Waals surface area contributed by atoms with Gasteiger partial charge in [0.05, 0.1) is 15.9 Å². The van der Waals surface area contributed by atoms with E-state index in [2.05, 4.69) is 15.5 Å². The first-order valence-electron chi connectivity index (χ1n) is 6.52. The number of ether oxygens (including phenoxy) is 1. The number of aromatic nitrogens is 4. The molecule has 0 amide bonds. The fourth-order valence-electron chi connectivity index (χ4n) is 2.20. The van der Waals surface area contributed by atoms with Crippen molar-refractivity contribution in [3.8, 4) is 0 Å². The SMILES string of the molecule is O=[N+]([O-])c1ccccc1Sc1nnnn1C1CCOCC1. The topological polar surface area (TPSA) is 96.0 Å². The van der Waals surface area contributed by atoms with Crippen LogP contribution in [0.25, 0.3) is 0 Å². The van der Waals surface area contributed by atoms with Crippen molar-refractivity contribution < 1.29 is 9.66 Å². The Morgan fingerprint density at radius 1 is 1.33 bits per heavy atom. The van der Waals surface area contributed by atoms with Crippen LogP contribution in [-0.4, -0.2) is 38.3 Å². The summed E-state index contributed by atoms with van der Waals surface area (Å²) >= 11 is 1.21. The van der Waals surface area contributed by atoms with Gasteiger partial charge in [0.1, 0.15) is 0 Å². The minimum absolute atomic E-state index is 0.0593. The Hall–Kier alpha value is -2.00. The van der Waals surface area contributed by atoms with Gasteiger partial charge in [-0.15, -0.1) is 5.10 Å². The molecule has 0 spiro atoms. The van der Waals surface area contributed by atoms with Crippen molar-refractivity contribution in [3.63, 3.8) is 0 Å². The monoisotopic (exact) mass is 307 g/mol. The molecule has 21 heavy (non-hydrogen) atoms. The van der Waals surface area contributed by atoms with Crippen molar-refractivity contribution in [3.05, 3.63) is 34.4 Å². The van der Waals surface area contributed by atoms with Crippen LogP contribution >= 0.6 is 11.8 Å². The molecule has 1 aliphatic rings. The van der Waals surface area contributed by atoms with E-state index in [1.807, 2.05) is 0 Å². The van der Waals surface area contributed by atoms with Crippen molar-refractivity contribution in [2.24, 2.45) is 0 Å². The third kappa shape index (κ3) is 3.03. The van der Waals surface area contributed by atoms with E-state index in [-0.39, 0.29) is 11.7 Å². The molecule has 0 saturated carbocycles. The van der Waals surface area contributed by atoms with E-state index >= 15 is 0 Å². The Bertz CT molecular complexity index is 641. The summed E-state index contributed by atoms with van der Waals surface area (Å²) in [6.07, 6.45) is 1.69. The van der Waals surface area contributed by atoms with Crippen LogP contribution in [0, 0.1) is 10.1 Å². The lowest BCUT2D eigenvalue weighted by atomic mass is 10.1. The van der Waals surface area contributed by atoms with Crippen LogP contribution in [0.1, 0.15) is 18.9 Å². The number of para-hydroxylation sites is 1. The highest BCUT2D eigenvalue weighted by molar-refractivity contribution is 7.99. The first-order valence-corrected chi connectivity index (χ1v) is 7.34. The first kappa shape index (κ1) is 14.0. The normalized spacial score (nSPS) is 16.0. The van der Waals surface area contributed by atoms with Gasteiger partial charge in [0.15, 0.2) is 0 Å². The lowest BCUT2D eigenvalue weighted by Gasteiger charge is -2.22. The number of hydrogen-bond donors (Lipinski definition) is 0. The number of nitrogens with zero attached hydrogens (tertiary/aromatic N) is 5. The van der Waals surface area contributed by atoms with E-state index in [1.165, 1.54) is 17.8 Å². The van der Waals surface area contributed by atoms with Gasteiger partial charge in [-0.1, -0.05) is 12.1 Å². The number of nitro groups is 1. The van der Waals surface area contributed by atoms with Gasteiger partial charge in [0.25, 0.3) is 5.69 Å². The van der Waals surface area contributed by atoms with Crippen LogP contribution in [0.5, 0.6) is 0 Å². The quantitative estimate of drug-likeness (QED) is 0.630. The molecule has 0 radical (unpaired) electrons. The second kappa shape index (κ2) is 6.19. The Labute approximate surface area is 124 Å². The third-order valence-electron chi connectivity index (χ3n) is 3.26. The Morgan fingerprint density at radius 2 is 2.10 bits per heavy atom. The van der Waals surface area contributed by atoms with Crippen LogP contribution < -0.4 is 0 Å². The fraction of sp³-hybridized carbons (Fsp3) is 0.417. The van der Waals surface area contributed by atoms with Crippen LogP contribution in [0.15, 0.2) is 34.3 Å². The predicted octanol–water partition coefficient (Wildman–Crippen LogP) is 2.08. The maximum absolute atomic E-state index is 11.1. The average Bonchev–Trinajstić information content (AvgIpc) is 2.96. The zero-order valence-corrected chi connectivity index (χ0v) is 11.9. The minimum atomic E-state index is -0.398. The van der Waals surface area contributed by atoms with Crippen molar-refractivity contribution in [2.75, 3.05) is 13.2 Å². The van der Waals surface area contributed by atoms with E-state index in [0.29, 0.717) is 23.3 Å². The molecule has 0 atom stereocenters.